The number of aliphatic hydroxyl groups is 3. The summed E-state index contributed by atoms with van der Waals surface area (Å²) in [4.78, 5) is 0. The Morgan fingerprint density at radius 2 is 1.90 bits per heavy atom. The zero-order valence-corrected chi connectivity index (χ0v) is 17.3. The summed E-state index contributed by atoms with van der Waals surface area (Å²) in [5.41, 5.74) is 1.90. The van der Waals surface area contributed by atoms with E-state index in [0.29, 0.717) is 28.3 Å². The number of methoxy groups -OCH3 is 1. The molecule has 0 aliphatic carbocycles. The molecule has 1 aliphatic heterocycles. The van der Waals surface area contributed by atoms with Crippen molar-refractivity contribution in [1.29, 1.82) is 5.26 Å². The lowest BCUT2D eigenvalue weighted by Crippen LogP contribution is -2.51. The fourth-order valence-electron chi connectivity index (χ4n) is 3.61. The molecule has 1 saturated heterocycles. The van der Waals surface area contributed by atoms with E-state index in [0.717, 1.165) is 0 Å². The number of pyridine rings is 1. The van der Waals surface area contributed by atoms with Gasteiger partial charge in [0.25, 0.3) is 0 Å². The minimum absolute atomic E-state index is 0.106. The standard InChI is InChI=1S/C22H20N2O6S/c1-28-13-6-4-12(5-7-13)16-9-14(18-3-2-8-29-18)15(10-23)22(31)24(16)21-20(27)19(26)17(25)11-30-21/h2-9,17,19-21,25-27H,11H2,1H3/t17-,19-,20+,21+/m0/s1. The van der Waals surface area contributed by atoms with Gasteiger partial charge in [0, 0.05) is 5.56 Å². The Hall–Kier alpha value is -3.00. The summed E-state index contributed by atoms with van der Waals surface area (Å²) >= 11 is 5.63. The van der Waals surface area contributed by atoms with Crippen molar-refractivity contribution in [2.45, 2.75) is 24.5 Å². The molecule has 4 atom stereocenters. The molecule has 0 radical (unpaired) electrons. The zero-order chi connectivity index (χ0) is 22.1. The number of rotatable bonds is 4. The van der Waals surface area contributed by atoms with Gasteiger partial charge in [0.05, 0.1) is 31.2 Å². The van der Waals surface area contributed by atoms with Crippen LogP contribution >= 0.6 is 12.2 Å². The molecule has 0 saturated carbocycles. The molecule has 31 heavy (non-hydrogen) atoms. The lowest BCUT2D eigenvalue weighted by atomic mass is 10.00. The number of nitrogens with zero attached hydrogens (tertiary/aromatic N) is 2. The summed E-state index contributed by atoms with van der Waals surface area (Å²) in [7, 11) is 1.56. The van der Waals surface area contributed by atoms with Gasteiger partial charge in [0.15, 0.2) is 6.23 Å². The van der Waals surface area contributed by atoms with Gasteiger partial charge in [-0.05, 0) is 48.0 Å². The van der Waals surface area contributed by atoms with Crippen LogP contribution in [0.2, 0.25) is 0 Å². The molecule has 1 fully saturated rings. The lowest BCUT2D eigenvalue weighted by Gasteiger charge is -2.37. The van der Waals surface area contributed by atoms with E-state index in [1.54, 1.807) is 49.6 Å². The Labute approximate surface area is 183 Å². The van der Waals surface area contributed by atoms with Gasteiger partial charge >= 0.3 is 0 Å². The van der Waals surface area contributed by atoms with E-state index in [2.05, 4.69) is 6.07 Å². The van der Waals surface area contributed by atoms with Crippen LogP contribution in [0.15, 0.2) is 53.1 Å². The fraction of sp³-hybridized carbons (Fsp3) is 0.273. The van der Waals surface area contributed by atoms with Crippen LogP contribution in [0.25, 0.3) is 22.6 Å². The van der Waals surface area contributed by atoms with Crippen molar-refractivity contribution in [3.8, 4) is 34.4 Å². The first-order chi connectivity index (χ1) is 15.0. The van der Waals surface area contributed by atoms with Gasteiger partial charge in [-0.3, -0.25) is 0 Å². The number of hydrogen-bond acceptors (Lipinski definition) is 8. The van der Waals surface area contributed by atoms with E-state index in [4.69, 9.17) is 26.1 Å². The largest absolute Gasteiger partial charge is 0.497 e. The van der Waals surface area contributed by atoms with Crippen molar-refractivity contribution in [2.24, 2.45) is 0 Å². The molecule has 0 amide bonds. The van der Waals surface area contributed by atoms with Crippen LogP contribution in [-0.4, -0.2) is 51.9 Å². The summed E-state index contributed by atoms with van der Waals surface area (Å²) < 4.78 is 18.0. The van der Waals surface area contributed by atoms with Crippen LogP contribution in [0.3, 0.4) is 0 Å². The molecule has 3 N–H and O–H groups in total. The quantitative estimate of drug-likeness (QED) is 0.530. The molecule has 1 aliphatic rings. The van der Waals surface area contributed by atoms with Crippen LogP contribution in [0, 0.1) is 16.0 Å². The molecule has 8 nitrogen and oxygen atoms in total. The van der Waals surface area contributed by atoms with Crippen molar-refractivity contribution in [3.05, 3.63) is 58.9 Å². The molecular weight excluding hydrogens is 420 g/mol. The molecule has 0 unspecified atom stereocenters. The molecule has 3 aromatic rings. The number of benzene rings is 1. The first-order valence-corrected chi connectivity index (χ1v) is 9.90. The molecule has 3 heterocycles. The molecule has 2 aromatic heterocycles. The minimum atomic E-state index is -1.46. The third-order valence-corrected chi connectivity index (χ3v) is 5.66. The van der Waals surface area contributed by atoms with E-state index in [1.165, 1.54) is 10.8 Å². The highest BCUT2D eigenvalue weighted by Crippen LogP contribution is 2.36. The third-order valence-electron chi connectivity index (χ3n) is 5.26. The number of aromatic nitrogens is 1. The highest BCUT2D eigenvalue weighted by molar-refractivity contribution is 7.71. The molecule has 4 rings (SSSR count). The second-order valence-corrected chi connectivity index (χ2v) is 7.47. The summed E-state index contributed by atoms with van der Waals surface area (Å²) in [5, 5.41) is 40.5. The van der Waals surface area contributed by atoms with Gasteiger partial charge < -0.3 is 33.8 Å². The predicted octanol–water partition coefficient (Wildman–Crippen LogP) is 2.64. The molecule has 160 valence electrons. The molecular formula is C22H20N2O6S. The first-order valence-electron chi connectivity index (χ1n) is 9.50. The Morgan fingerprint density at radius 1 is 1.16 bits per heavy atom. The van der Waals surface area contributed by atoms with Crippen LogP contribution in [0.1, 0.15) is 11.8 Å². The van der Waals surface area contributed by atoms with Gasteiger partial charge in [-0.25, -0.2) is 0 Å². The van der Waals surface area contributed by atoms with E-state index in [-0.39, 0.29) is 16.8 Å². The summed E-state index contributed by atoms with van der Waals surface area (Å²) in [6.07, 6.45) is -3.74. The van der Waals surface area contributed by atoms with Crippen LogP contribution in [-0.2, 0) is 4.74 Å². The second-order valence-electron chi connectivity index (χ2n) is 7.08. The van der Waals surface area contributed by atoms with E-state index < -0.39 is 24.5 Å². The molecule has 9 heteroatoms. The maximum absolute atomic E-state index is 10.6. The Bertz CT molecular complexity index is 1170. The average molecular weight is 440 g/mol. The Kier molecular flexibility index (Phi) is 5.91. The van der Waals surface area contributed by atoms with Crippen molar-refractivity contribution in [1.82, 2.24) is 4.57 Å². The van der Waals surface area contributed by atoms with Gasteiger partial charge in [-0.15, -0.1) is 0 Å². The average Bonchev–Trinajstić information content (AvgIpc) is 3.32. The summed E-state index contributed by atoms with van der Waals surface area (Å²) in [6, 6.07) is 14.4. The van der Waals surface area contributed by atoms with E-state index >= 15 is 0 Å². The van der Waals surface area contributed by atoms with Crippen molar-refractivity contribution in [2.75, 3.05) is 13.7 Å². The molecule has 0 bridgehead atoms. The zero-order valence-electron chi connectivity index (χ0n) is 16.5. The highest BCUT2D eigenvalue weighted by Gasteiger charge is 2.40. The van der Waals surface area contributed by atoms with Crippen LogP contribution in [0.4, 0.5) is 0 Å². The SMILES string of the molecule is COc1ccc(-c2cc(-c3ccco3)c(C#N)c(=S)n2[C@@H]2OC[C@H](O)[C@H](O)[C@H]2O)cc1. The topological polar surface area (TPSA) is 121 Å². The van der Waals surface area contributed by atoms with Gasteiger partial charge in [0.2, 0.25) is 0 Å². The van der Waals surface area contributed by atoms with Crippen LogP contribution in [0.5, 0.6) is 5.75 Å². The lowest BCUT2D eigenvalue weighted by molar-refractivity contribution is -0.210. The first kappa shape index (κ1) is 21.2. The number of aliphatic hydroxyl groups excluding tert-OH is 3. The highest BCUT2D eigenvalue weighted by atomic mass is 32.1. The van der Waals surface area contributed by atoms with E-state index in [9.17, 15) is 20.6 Å². The molecule has 0 spiro atoms. The second kappa shape index (κ2) is 8.63. The monoisotopic (exact) mass is 440 g/mol. The van der Waals surface area contributed by atoms with Crippen molar-refractivity contribution in [3.63, 3.8) is 0 Å². The minimum Gasteiger partial charge on any atom is -0.497 e. The van der Waals surface area contributed by atoms with Gasteiger partial charge in [-0.1, -0.05) is 12.2 Å². The predicted molar refractivity (Wildman–Crippen MR) is 113 cm³/mol. The maximum Gasteiger partial charge on any atom is 0.163 e. The summed E-state index contributed by atoms with van der Waals surface area (Å²) in [5.74, 6) is 1.12. The van der Waals surface area contributed by atoms with E-state index in [1.807, 2.05) is 0 Å². The number of nitriles is 1. The van der Waals surface area contributed by atoms with Gasteiger partial charge in [0.1, 0.15) is 40.5 Å². The normalized spacial score (nSPS) is 23.3. The Balaban J connectivity index is 1.98. The number of ether oxygens (including phenoxy) is 2. The maximum atomic E-state index is 10.6. The van der Waals surface area contributed by atoms with Crippen LogP contribution < -0.4 is 4.74 Å². The van der Waals surface area contributed by atoms with Crippen molar-refractivity contribution >= 4 is 12.2 Å². The van der Waals surface area contributed by atoms with Gasteiger partial charge in [-0.2, -0.15) is 5.26 Å². The smallest absolute Gasteiger partial charge is 0.163 e. The summed E-state index contributed by atoms with van der Waals surface area (Å²) in [6.45, 7) is -0.200. The third kappa shape index (κ3) is 3.76. The number of furan rings is 1. The molecule has 1 aromatic carbocycles. The van der Waals surface area contributed by atoms with Crippen molar-refractivity contribution < 1.29 is 29.2 Å². The fourth-order valence-corrected chi connectivity index (χ4v) is 3.97. The number of hydrogen-bond donors (Lipinski definition) is 3. The Morgan fingerprint density at radius 3 is 2.52 bits per heavy atom.